The summed E-state index contributed by atoms with van der Waals surface area (Å²) in [5, 5.41) is 1.30. The van der Waals surface area contributed by atoms with Gasteiger partial charge < -0.3 is 9.30 Å². The number of rotatable bonds is 2. The largest absolute Gasteiger partial charge is 0.370 e. The molecule has 1 saturated carbocycles. The van der Waals surface area contributed by atoms with Crippen LogP contribution in [-0.2, 0) is 11.3 Å². The third kappa shape index (κ3) is 2.21. The normalized spacial score (nSPS) is 24.9. The van der Waals surface area contributed by atoms with Gasteiger partial charge in [0.2, 0.25) is 0 Å². The van der Waals surface area contributed by atoms with Gasteiger partial charge in [0.15, 0.2) is 0 Å². The van der Waals surface area contributed by atoms with E-state index in [9.17, 15) is 0 Å². The molecule has 1 atom stereocenters. The molecule has 2 aliphatic rings. The molecular weight excluding hydrogens is 314 g/mol. The maximum atomic E-state index is 6.43. The fraction of sp³-hybridized carbons (Fsp3) is 0.529. The molecule has 1 saturated heterocycles. The first-order valence-electron chi connectivity index (χ1n) is 7.66. The van der Waals surface area contributed by atoms with Crippen LogP contribution in [0, 0.1) is 0 Å². The Morgan fingerprint density at radius 1 is 1.20 bits per heavy atom. The lowest BCUT2D eigenvalue weighted by Gasteiger charge is -2.24. The molecule has 106 valence electrons. The SMILES string of the molecule is Brc1ccc2c(ccn2CC2CCC3(CCCC3)O2)c1. The molecule has 1 spiro atoms. The lowest BCUT2D eigenvalue weighted by molar-refractivity contribution is -0.0414. The Balaban J connectivity index is 1.53. The van der Waals surface area contributed by atoms with Gasteiger partial charge in [0, 0.05) is 28.1 Å². The number of aromatic nitrogens is 1. The zero-order chi connectivity index (χ0) is 13.6. The standard InChI is InChI=1S/C17H20BrNO/c18-14-3-4-16-13(11-14)6-10-19(16)12-15-5-9-17(20-15)7-1-2-8-17/h3-4,6,10-11,15H,1-2,5,7-9,12H2. The highest BCUT2D eigenvalue weighted by Gasteiger charge is 2.42. The highest BCUT2D eigenvalue weighted by molar-refractivity contribution is 9.10. The highest BCUT2D eigenvalue weighted by atomic mass is 79.9. The first-order chi connectivity index (χ1) is 9.74. The van der Waals surface area contributed by atoms with Crippen molar-refractivity contribution in [1.82, 2.24) is 4.57 Å². The van der Waals surface area contributed by atoms with Gasteiger partial charge in [-0.3, -0.25) is 0 Å². The van der Waals surface area contributed by atoms with Crippen LogP contribution in [0.15, 0.2) is 34.9 Å². The Hall–Kier alpha value is -0.800. The number of nitrogens with zero attached hydrogens (tertiary/aromatic N) is 1. The summed E-state index contributed by atoms with van der Waals surface area (Å²) < 4.78 is 9.92. The van der Waals surface area contributed by atoms with Crippen molar-refractivity contribution in [2.24, 2.45) is 0 Å². The van der Waals surface area contributed by atoms with E-state index >= 15 is 0 Å². The molecule has 0 N–H and O–H groups in total. The smallest absolute Gasteiger partial charge is 0.0762 e. The average Bonchev–Trinajstić information content (AvgIpc) is 3.14. The van der Waals surface area contributed by atoms with Crippen molar-refractivity contribution in [2.75, 3.05) is 0 Å². The average molecular weight is 334 g/mol. The van der Waals surface area contributed by atoms with E-state index in [0.717, 1.165) is 11.0 Å². The summed E-state index contributed by atoms with van der Waals surface area (Å²) in [6.45, 7) is 0.993. The Bertz CT molecular complexity index is 627. The first kappa shape index (κ1) is 12.9. The Morgan fingerprint density at radius 2 is 2.05 bits per heavy atom. The molecule has 20 heavy (non-hydrogen) atoms. The van der Waals surface area contributed by atoms with E-state index in [2.05, 4.69) is 51.0 Å². The third-order valence-electron chi connectivity index (χ3n) is 4.99. The molecule has 1 aromatic carbocycles. The number of benzene rings is 1. The van der Waals surface area contributed by atoms with Gasteiger partial charge in [-0.1, -0.05) is 28.8 Å². The van der Waals surface area contributed by atoms with Crippen molar-refractivity contribution in [3.8, 4) is 0 Å². The van der Waals surface area contributed by atoms with Crippen LogP contribution in [0.4, 0.5) is 0 Å². The monoisotopic (exact) mass is 333 g/mol. The van der Waals surface area contributed by atoms with Crippen molar-refractivity contribution in [1.29, 1.82) is 0 Å². The predicted octanol–water partition coefficient (Wildman–Crippen LogP) is 4.90. The Morgan fingerprint density at radius 3 is 2.90 bits per heavy atom. The van der Waals surface area contributed by atoms with Gasteiger partial charge in [-0.05, 0) is 49.9 Å². The molecule has 2 fully saturated rings. The second-order valence-corrected chi connectivity index (χ2v) is 7.26. The zero-order valence-corrected chi connectivity index (χ0v) is 13.2. The molecule has 4 rings (SSSR count). The van der Waals surface area contributed by atoms with Crippen LogP contribution in [0.5, 0.6) is 0 Å². The van der Waals surface area contributed by atoms with E-state index in [0.29, 0.717) is 6.10 Å². The van der Waals surface area contributed by atoms with Gasteiger partial charge in [-0.15, -0.1) is 0 Å². The number of ether oxygens (including phenoxy) is 1. The van der Waals surface area contributed by atoms with Gasteiger partial charge in [0.1, 0.15) is 0 Å². The summed E-state index contributed by atoms with van der Waals surface area (Å²) in [5.74, 6) is 0. The molecule has 1 aliphatic carbocycles. The number of halogens is 1. The lowest BCUT2D eigenvalue weighted by Crippen LogP contribution is -2.26. The highest BCUT2D eigenvalue weighted by Crippen LogP contribution is 2.43. The maximum absolute atomic E-state index is 6.43. The summed E-state index contributed by atoms with van der Waals surface area (Å²) in [6, 6.07) is 8.69. The molecule has 1 aromatic heterocycles. The van der Waals surface area contributed by atoms with E-state index in [-0.39, 0.29) is 5.60 Å². The fourth-order valence-electron chi connectivity index (χ4n) is 3.96. The molecule has 0 amide bonds. The fourth-order valence-corrected chi connectivity index (χ4v) is 4.34. The van der Waals surface area contributed by atoms with E-state index < -0.39 is 0 Å². The molecule has 1 aliphatic heterocycles. The molecular formula is C17H20BrNO. The minimum Gasteiger partial charge on any atom is -0.370 e. The van der Waals surface area contributed by atoms with Crippen LogP contribution in [0.2, 0.25) is 0 Å². The zero-order valence-electron chi connectivity index (χ0n) is 11.6. The van der Waals surface area contributed by atoms with E-state index in [1.54, 1.807) is 0 Å². The van der Waals surface area contributed by atoms with Gasteiger partial charge in [0.05, 0.1) is 11.7 Å². The summed E-state index contributed by atoms with van der Waals surface area (Å²) in [6.07, 6.45) is 10.3. The minimum absolute atomic E-state index is 0.247. The van der Waals surface area contributed by atoms with Crippen LogP contribution < -0.4 is 0 Å². The van der Waals surface area contributed by atoms with Gasteiger partial charge in [-0.2, -0.15) is 0 Å². The summed E-state index contributed by atoms with van der Waals surface area (Å²) in [5.41, 5.74) is 1.56. The predicted molar refractivity (Wildman–Crippen MR) is 84.9 cm³/mol. The molecule has 2 nitrogen and oxygen atoms in total. The number of hydrogen-bond acceptors (Lipinski definition) is 1. The summed E-state index contributed by atoms with van der Waals surface area (Å²) in [7, 11) is 0. The molecule has 2 heterocycles. The first-order valence-corrected chi connectivity index (χ1v) is 8.46. The van der Waals surface area contributed by atoms with E-state index in [4.69, 9.17) is 4.74 Å². The van der Waals surface area contributed by atoms with Crippen molar-refractivity contribution in [3.63, 3.8) is 0 Å². The van der Waals surface area contributed by atoms with Gasteiger partial charge in [0.25, 0.3) is 0 Å². The van der Waals surface area contributed by atoms with E-state index in [1.165, 1.54) is 49.4 Å². The van der Waals surface area contributed by atoms with E-state index in [1.807, 2.05) is 0 Å². The summed E-state index contributed by atoms with van der Waals surface area (Å²) in [4.78, 5) is 0. The quantitative estimate of drug-likeness (QED) is 0.762. The number of hydrogen-bond donors (Lipinski definition) is 0. The third-order valence-corrected chi connectivity index (χ3v) is 5.48. The maximum Gasteiger partial charge on any atom is 0.0762 e. The van der Waals surface area contributed by atoms with Crippen molar-refractivity contribution in [2.45, 2.75) is 56.8 Å². The second-order valence-electron chi connectivity index (χ2n) is 6.34. The Labute approximate surface area is 128 Å². The molecule has 0 bridgehead atoms. The number of fused-ring (bicyclic) bond motifs is 1. The molecule has 2 aromatic rings. The van der Waals surface area contributed by atoms with Crippen molar-refractivity contribution >= 4 is 26.8 Å². The van der Waals surface area contributed by atoms with Gasteiger partial charge >= 0.3 is 0 Å². The second kappa shape index (κ2) is 4.88. The van der Waals surface area contributed by atoms with Crippen LogP contribution in [-0.4, -0.2) is 16.3 Å². The summed E-state index contributed by atoms with van der Waals surface area (Å²) >= 11 is 3.54. The van der Waals surface area contributed by atoms with Crippen molar-refractivity contribution < 1.29 is 4.74 Å². The van der Waals surface area contributed by atoms with Crippen LogP contribution in [0.25, 0.3) is 10.9 Å². The molecule has 1 unspecified atom stereocenters. The molecule has 0 radical (unpaired) electrons. The van der Waals surface area contributed by atoms with Gasteiger partial charge in [-0.25, -0.2) is 0 Å². The topological polar surface area (TPSA) is 14.2 Å². The Kier molecular flexibility index (Phi) is 3.15. The van der Waals surface area contributed by atoms with Crippen LogP contribution in [0.3, 0.4) is 0 Å². The van der Waals surface area contributed by atoms with Crippen LogP contribution >= 0.6 is 15.9 Å². The minimum atomic E-state index is 0.247. The molecule has 3 heteroatoms. The van der Waals surface area contributed by atoms with Crippen molar-refractivity contribution in [3.05, 3.63) is 34.9 Å². The van der Waals surface area contributed by atoms with Crippen LogP contribution in [0.1, 0.15) is 38.5 Å². The lowest BCUT2D eigenvalue weighted by atomic mass is 9.98.